The third-order valence-electron chi connectivity index (χ3n) is 4.01. The van der Waals surface area contributed by atoms with Crippen LogP contribution >= 0.6 is 27.5 Å². The maximum atomic E-state index is 12.4. The predicted molar refractivity (Wildman–Crippen MR) is 82.7 cm³/mol. The maximum absolute atomic E-state index is 12.4. The number of amides is 1. The van der Waals surface area contributed by atoms with Crippen LogP contribution in [0.4, 0.5) is 0 Å². The lowest BCUT2D eigenvalue weighted by molar-refractivity contribution is 0.0853. The first-order chi connectivity index (χ1) is 8.92. The fourth-order valence-corrected chi connectivity index (χ4v) is 3.25. The van der Waals surface area contributed by atoms with Gasteiger partial charge in [0.1, 0.15) is 0 Å². The molecule has 104 valence electrons. The maximum Gasteiger partial charge on any atom is 0.253 e. The second kappa shape index (κ2) is 5.84. The van der Waals surface area contributed by atoms with Gasteiger partial charge in [-0.1, -0.05) is 44.4 Å². The Morgan fingerprint density at radius 1 is 1.42 bits per heavy atom. The summed E-state index contributed by atoms with van der Waals surface area (Å²) in [4.78, 5) is 12.4. The molecule has 0 spiro atoms. The highest BCUT2D eigenvalue weighted by Gasteiger charge is 2.33. The van der Waals surface area contributed by atoms with Crippen molar-refractivity contribution in [3.63, 3.8) is 0 Å². The normalized spacial score (nSPS) is 22.0. The van der Waals surface area contributed by atoms with Gasteiger partial charge in [-0.2, -0.15) is 0 Å². The van der Waals surface area contributed by atoms with E-state index in [1.54, 1.807) is 6.07 Å². The van der Waals surface area contributed by atoms with Crippen LogP contribution in [0, 0.1) is 5.41 Å². The Hall–Kier alpha value is -0.540. The minimum absolute atomic E-state index is 0.0775. The molecule has 0 heterocycles. The second-order valence-corrected chi connectivity index (χ2v) is 7.09. The number of halogens is 2. The van der Waals surface area contributed by atoms with Crippen molar-refractivity contribution in [2.45, 2.75) is 45.6 Å². The number of benzene rings is 1. The van der Waals surface area contributed by atoms with E-state index in [2.05, 4.69) is 35.1 Å². The smallest absolute Gasteiger partial charge is 0.253 e. The highest BCUT2D eigenvalue weighted by molar-refractivity contribution is 9.10. The van der Waals surface area contributed by atoms with E-state index in [0.717, 1.165) is 17.3 Å². The molecule has 1 N–H and O–H groups in total. The van der Waals surface area contributed by atoms with E-state index in [4.69, 9.17) is 11.6 Å². The Morgan fingerprint density at radius 3 is 2.84 bits per heavy atom. The van der Waals surface area contributed by atoms with Crippen molar-refractivity contribution in [3.05, 3.63) is 33.3 Å². The molecule has 0 aliphatic heterocycles. The van der Waals surface area contributed by atoms with Crippen molar-refractivity contribution in [3.8, 4) is 0 Å². The van der Waals surface area contributed by atoms with Gasteiger partial charge in [-0.25, -0.2) is 0 Å². The molecule has 2 nitrogen and oxygen atoms in total. The van der Waals surface area contributed by atoms with Gasteiger partial charge in [0.05, 0.1) is 10.6 Å². The molecule has 0 bridgehead atoms. The molecule has 1 unspecified atom stereocenters. The van der Waals surface area contributed by atoms with Gasteiger partial charge in [0.15, 0.2) is 0 Å². The van der Waals surface area contributed by atoms with Crippen LogP contribution in [-0.2, 0) is 0 Å². The first-order valence-electron chi connectivity index (χ1n) is 6.67. The van der Waals surface area contributed by atoms with Crippen molar-refractivity contribution in [1.29, 1.82) is 0 Å². The summed E-state index contributed by atoms with van der Waals surface area (Å²) in [6.45, 7) is 4.44. The van der Waals surface area contributed by atoms with Crippen LogP contribution in [-0.4, -0.2) is 11.9 Å². The average Bonchev–Trinajstić information content (AvgIpc) is 2.35. The largest absolute Gasteiger partial charge is 0.349 e. The van der Waals surface area contributed by atoms with Crippen LogP contribution in [0.15, 0.2) is 22.7 Å². The lowest BCUT2D eigenvalue weighted by Crippen LogP contribution is -2.46. The standard InChI is InChI=1S/C15H19BrClNO/c1-15(2)9-4-3-8-12(15)18-14(19)10-6-5-7-11(16)13(10)17/h5-7,12H,3-4,8-9H2,1-2H3,(H,18,19). The molecule has 19 heavy (non-hydrogen) atoms. The van der Waals surface area contributed by atoms with Crippen molar-refractivity contribution in [2.24, 2.45) is 5.41 Å². The lowest BCUT2D eigenvalue weighted by Gasteiger charge is -2.39. The summed E-state index contributed by atoms with van der Waals surface area (Å²) in [5, 5.41) is 3.63. The first-order valence-corrected chi connectivity index (χ1v) is 7.84. The van der Waals surface area contributed by atoms with Crippen LogP contribution in [0.2, 0.25) is 5.02 Å². The zero-order chi connectivity index (χ0) is 14.0. The SMILES string of the molecule is CC1(C)CCCCC1NC(=O)c1cccc(Br)c1Cl. The Morgan fingerprint density at radius 2 is 2.16 bits per heavy atom. The van der Waals surface area contributed by atoms with Gasteiger partial charge >= 0.3 is 0 Å². The van der Waals surface area contributed by atoms with Crippen LogP contribution in [0.25, 0.3) is 0 Å². The van der Waals surface area contributed by atoms with Crippen molar-refractivity contribution >= 4 is 33.4 Å². The van der Waals surface area contributed by atoms with Gasteiger partial charge in [-0.05, 0) is 46.3 Å². The third kappa shape index (κ3) is 3.32. The molecule has 2 rings (SSSR count). The summed E-state index contributed by atoms with van der Waals surface area (Å²) in [6.07, 6.45) is 4.63. The van der Waals surface area contributed by atoms with E-state index < -0.39 is 0 Å². The van der Waals surface area contributed by atoms with Crippen molar-refractivity contribution in [1.82, 2.24) is 5.32 Å². The van der Waals surface area contributed by atoms with E-state index in [1.807, 2.05) is 12.1 Å². The fourth-order valence-electron chi connectivity index (χ4n) is 2.68. The third-order valence-corrected chi connectivity index (χ3v) is 5.31. The zero-order valence-electron chi connectivity index (χ0n) is 11.3. The summed E-state index contributed by atoms with van der Waals surface area (Å²) < 4.78 is 0.754. The number of rotatable bonds is 2. The molecule has 0 saturated heterocycles. The molecule has 4 heteroatoms. The number of hydrogen-bond acceptors (Lipinski definition) is 1. The molecule has 1 amide bonds. The first kappa shape index (κ1) is 14.9. The van der Waals surface area contributed by atoms with Gasteiger partial charge < -0.3 is 5.32 Å². The number of carbonyl (C=O) groups excluding carboxylic acids is 1. The van der Waals surface area contributed by atoms with E-state index in [9.17, 15) is 4.79 Å². The summed E-state index contributed by atoms with van der Waals surface area (Å²) in [6, 6.07) is 5.66. The van der Waals surface area contributed by atoms with Gasteiger partial charge in [-0.3, -0.25) is 4.79 Å². The van der Waals surface area contributed by atoms with Gasteiger partial charge in [-0.15, -0.1) is 0 Å². The molecule has 1 aliphatic rings. The van der Waals surface area contributed by atoms with E-state index in [1.165, 1.54) is 12.8 Å². The molecule has 0 aromatic heterocycles. The highest BCUT2D eigenvalue weighted by atomic mass is 79.9. The van der Waals surface area contributed by atoms with E-state index >= 15 is 0 Å². The van der Waals surface area contributed by atoms with Gasteiger partial charge in [0, 0.05) is 10.5 Å². The quantitative estimate of drug-likeness (QED) is 0.820. The number of nitrogens with one attached hydrogen (secondary N) is 1. The molecule has 1 aromatic carbocycles. The Balaban J connectivity index is 2.15. The molecule has 1 aromatic rings. The molecular weight excluding hydrogens is 326 g/mol. The Bertz CT molecular complexity index is 487. The molecular formula is C15H19BrClNO. The van der Waals surface area contributed by atoms with Crippen molar-refractivity contribution in [2.75, 3.05) is 0 Å². The Kier molecular flexibility index (Phi) is 4.57. The monoisotopic (exact) mass is 343 g/mol. The van der Waals surface area contributed by atoms with E-state index in [-0.39, 0.29) is 17.4 Å². The van der Waals surface area contributed by atoms with Crippen LogP contribution < -0.4 is 5.32 Å². The topological polar surface area (TPSA) is 29.1 Å². The molecule has 1 aliphatic carbocycles. The Labute approximate surface area is 128 Å². The molecule has 1 saturated carbocycles. The zero-order valence-corrected chi connectivity index (χ0v) is 13.6. The summed E-state index contributed by atoms with van der Waals surface area (Å²) in [5.41, 5.74) is 0.698. The summed E-state index contributed by atoms with van der Waals surface area (Å²) >= 11 is 9.52. The molecule has 1 atom stereocenters. The van der Waals surface area contributed by atoms with Crippen LogP contribution in [0.5, 0.6) is 0 Å². The summed E-state index contributed by atoms with van der Waals surface area (Å²) in [5.74, 6) is -0.0775. The molecule has 1 fully saturated rings. The van der Waals surface area contributed by atoms with Crippen LogP contribution in [0.3, 0.4) is 0 Å². The number of hydrogen-bond donors (Lipinski definition) is 1. The number of carbonyl (C=O) groups is 1. The van der Waals surface area contributed by atoms with Gasteiger partial charge in [0.2, 0.25) is 0 Å². The lowest BCUT2D eigenvalue weighted by atomic mass is 9.73. The predicted octanol–water partition coefficient (Wildman–Crippen LogP) is 4.80. The second-order valence-electron chi connectivity index (χ2n) is 5.86. The minimum atomic E-state index is -0.0775. The summed E-state index contributed by atoms with van der Waals surface area (Å²) in [7, 11) is 0. The fraction of sp³-hybridized carbons (Fsp3) is 0.533. The van der Waals surface area contributed by atoms with Crippen molar-refractivity contribution < 1.29 is 4.79 Å². The van der Waals surface area contributed by atoms with Gasteiger partial charge in [0.25, 0.3) is 5.91 Å². The minimum Gasteiger partial charge on any atom is -0.349 e. The average molecular weight is 345 g/mol. The highest BCUT2D eigenvalue weighted by Crippen LogP contribution is 2.36. The van der Waals surface area contributed by atoms with Crippen LogP contribution in [0.1, 0.15) is 49.9 Å². The van der Waals surface area contributed by atoms with E-state index in [0.29, 0.717) is 10.6 Å². The molecule has 0 radical (unpaired) electrons.